The van der Waals surface area contributed by atoms with Gasteiger partial charge in [0.15, 0.2) is 0 Å². The first kappa shape index (κ1) is 35.7. The second-order valence-corrected chi connectivity index (χ2v) is 16.9. The first-order chi connectivity index (χ1) is 21.3. The molecule has 47 heavy (non-hydrogen) atoms. The summed E-state index contributed by atoms with van der Waals surface area (Å²) in [6.07, 6.45) is 0. The van der Waals surface area contributed by atoms with E-state index in [-0.39, 0.29) is 23.0 Å². The quantitative estimate of drug-likeness (QED) is 0.0946. The third kappa shape index (κ3) is 7.53. The largest absolute Gasteiger partial charge is 0.399 e. The molecule has 0 radical (unpaired) electrons. The lowest BCUT2D eigenvalue weighted by Crippen LogP contribution is -2.18. The molecular weight excluding hydrogens is 731 g/mol. The Morgan fingerprint density at radius 2 is 1.21 bits per heavy atom. The molecule has 18 nitrogen and oxygen atoms in total. The molecule has 1 amide bonds. The second kappa shape index (κ2) is 11.8. The van der Waals surface area contributed by atoms with E-state index in [1.807, 2.05) is 4.72 Å². The number of anilines is 3. The normalized spacial score (nSPS) is 13.0. The first-order valence-electron chi connectivity index (χ1n) is 12.2. The van der Waals surface area contributed by atoms with Gasteiger partial charge in [0.1, 0.15) is 14.7 Å². The molecule has 4 aromatic rings. The van der Waals surface area contributed by atoms with Crippen LogP contribution in [0.1, 0.15) is 15.9 Å². The zero-order valence-electron chi connectivity index (χ0n) is 23.2. The van der Waals surface area contributed by atoms with Crippen LogP contribution in [0.4, 0.5) is 17.1 Å². The number of amides is 1. The maximum atomic E-state index is 13.5. The zero-order chi connectivity index (χ0) is 35.5. The molecule has 4 aromatic carbocycles. The molecule has 0 saturated heterocycles. The van der Waals surface area contributed by atoms with Gasteiger partial charge in [0.05, 0.1) is 21.0 Å². The van der Waals surface area contributed by atoms with Crippen LogP contribution in [-0.4, -0.2) is 66.2 Å². The van der Waals surface area contributed by atoms with Crippen LogP contribution in [0.25, 0.3) is 10.8 Å². The van der Waals surface area contributed by atoms with E-state index in [0.29, 0.717) is 18.2 Å². The molecule has 4 rings (SSSR count). The van der Waals surface area contributed by atoms with E-state index >= 15 is 0 Å². The summed E-state index contributed by atoms with van der Waals surface area (Å²) in [6.45, 7) is 1.26. The molecule has 23 heteroatoms. The molecular formula is C24H21N3O15S5. The van der Waals surface area contributed by atoms with Crippen molar-refractivity contribution < 1.29 is 65.1 Å². The molecule has 0 saturated carbocycles. The number of aryl methyl sites for hydroxylation is 1. The highest BCUT2D eigenvalue weighted by atomic mass is 32.2. The van der Waals surface area contributed by atoms with E-state index in [1.165, 1.54) is 13.0 Å². The topological polar surface area (TPSA) is 319 Å². The summed E-state index contributed by atoms with van der Waals surface area (Å²) in [5, 5.41) is 0.507. The van der Waals surface area contributed by atoms with E-state index < -0.39 is 103 Å². The average molecular weight is 752 g/mol. The molecule has 0 aromatic heterocycles. The fourth-order valence-corrected chi connectivity index (χ4v) is 8.49. The smallest absolute Gasteiger partial charge is 0.295 e. The van der Waals surface area contributed by atoms with Gasteiger partial charge < -0.3 is 11.1 Å². The summed E-state index contributed by atoms with van der Waals surface area (Å²) >= 11 is 0. The fourth-order valence-electron chi connectivity index (χ4n) is 4.42. The van der Waals surface area contributed by atoms with E-state index in [4.69, 9.17) is 5.73 Å². The van der Waals surface area contributed by atoms with Gasteiger partial charge in [0.25, 0.3) is 56.4 Å². The molecule has 0 bridgehead atoms. The lowest BCUT2D eigenvalue weighted by Gasteiger charge is -2.17. The minimum absolute atomic E-state index is 0.0566. The zero-order valence-corrected chi connectivity index (χ0v) is 27.3. The van der Waals surface area contributed by atoms with Crippen molar-refractivity contribution in [3.63, 3.8) is 0 Å². The van der Waals surface area contributed by atoms with Crippen molar-refractivity contribution in [1.82, 2.24) is 0 Å². The molecule has 0 unspecified atom stereocenters. The number of nitrogens with two attached hydrogens (primary N) is 1. The van der Waals surface area contributed by atoms with Crippen LogP contribution >= 0.6 is 0 Å². The van der Waals surface area contributed by atoms with Gasteiger partial charge in [0, 0.05) is 22.1 Å². The van der Waals surface area contributed by atoms with Gasteiger partial charge in [-0.25, -0.2) is 8.42 Å². The maximum Gasteiger partial charge on any atom is 0.295 e. The van der Waals surface area contributed by atoms with Gasteiger partial charge in [0.2, 0.25) is 0 Å². The van der Waals surface area contributed by atoms with E-state index in [9.17, 15) is 65.1 Å². The van der Waals surface area contributed by atoms with Crippen molar-refractivity contribution >= 4 is 84.2 Å². The van der Waals surface area contributed by atoms with Crippen LogP contribution in [0.2, 0.25) is 0 Å². The van der Waals surface area contributed by atoms with Crippen molar-refractivity contribution in [2.75, 3.05) is 15.8 Å². The number of carbonyl (C=O) groups excluding carboxylic acids is 1. The number of nitrogen functional groups attached to an aromatic ring is 1. The number of carbonyl (C=O) groups is 1. The maximum absolute atomic E-state index is 13.5. The highest BCUT2D eigenvalue weighted by molar-refractivity contribution is 7.93. The number of fused-ring (bicyclic) bond motifs is 1. The number of sulfonamides is 1. The highest BCUT2D eigenvalue weighted by Crippen LogP contribution is 2.38. The second-order valence-electron chi connectivity index (χ2n) is 9.65. The number of hydrogen-bond acceptors (Lipinski definition) is 12. The molecule has 0 spiro atoms. The molecule has 252 valence electrons. The molecule has 0 aliphatic rings. The minimum atomic E-state index is -5.47. The van der Waals surface area contributed by atoms with Gasteiger partial charge >= 0.3 is 0 Å². The number of nitrogens with one attached hydrogen (secondary N) is 2. The SMILES string of the molecule is Cc1cc(NC(=O)c2ccc(N)cc2S(=O)(=O)O)ccc1S(=O)(=O)Nc1ccc(S(=O)(=O)O)c2cc(S(=O)(=O)O)cc(S(=O)(=O)O)c12. The van der Waals surface area contributed by atoms with Crippen LogP contribution in [0.15, 0.2) is 85.1 Å². The van der Waals surface area contributed by atoms with Crippen LogP contribution in [0.5, 0.6) is 0 Å². The predicted molar refractivity (Wildman–Crippen MR) is 164 cm³/mol. The van der Waals surface area contributed by atoms with E-state index in [1.54, 1.807) is 0 Å². The summed E-state index contributed by atoms with van der Waals surface area (Å²) in [7, 11) is -25.6. The van der Waals surface area contributed by atoms with Gasteiger partial charge in [-0.3, -0.25) is 27.7 Å². The minimum Gasteiger partial charge on any atom is -0.399 e. The van der Waals surface area contributed by atoms with Crippen LogP contribution in [0, 0.1) is 6.92 Å². The Kier molecular flexibility index (Phi) is 8.95. The number of benzene rings is 4. The van der Waals surface area contributed by atoms with Crippen molar-refractivity contribution in [2.45, 2.75) is 31.4 Å². The Hall–Kier alpha value is -4.20. The Balaban J connectivity index is 1.82. The molecule has 0 aliphatic heterocycles. The fraction of sp³-hybridized carbons (Fsp3) is 0.0417. The Bertz CT molecular complexity index is 2570. The van der Waals surface area contributed by atoms with Crippen molar-refractivity contribution in [3.05, 3.63) is 71.8 Å². The number of hydrogen-bond donors (Lipinski definition) is 7. The standard InChI is InChI=1S/C24H21N3O15S5/c1-12-8-14(26-24(28)16-4-2-13(25)9-21(16)46(37,38)39)3-6-19(12)43(29,30)27-18-5-7-20(45(34,35)36)17-10-15(44(31,32)33)11-22(23(17)18)47(40,41)42/h2-11,27H,25H2,1H3,(H,26,28)(H,31,32,33)(H,34,35,36)(H,37,38,39)(H,40,41,42). The van der Waals surface area contributed by atoms with Crippen molar-refractivity contribution in [1.29, 1.82) is 0 Å². The van der Waals surface area contributed by atoms with E-state index in [0.717, 1.165) is 30.3 Å². The Morgan fingerprint density at radius 1 is 0.638 bits per heavy atom. The highest BCUT2D eigenvalue weighted by Gasteiger charge is 2.29. The Labute approximate surface area is 267 Å². The molecule has 8 N–H and O–H groups in total. The van der Waals surface area contributed by atoms with Gasteiger partial charge in [-0.15, -0.1) is 0 Å². The predicted octanol–water partition coefficient (Wildman–Crippen LogP) is 1.77. The van der Waals surface area contributed by atoms with Crippen molar-refractivity contribution in [2.24, 2.45) is 0 Å². The summed E-state index contributed by atoms with van der Waals surface area (Å²) in [6, 6.07) is 8.21. The van der Waals surface area contributed by atoms with Crippen LogP contribution < -0.4 is 15.8 Å². The number of rotatable bonds is 9. The molecule has 0 heterocycles. The summed E-state index contributed by atoms with van der Waals surface area (Å²) in [5.74, 6) is -1.03. The molecule has 0 atom stereocenters. The van der Waals surface area contributed by atoms with Gasteiger partial charge in [-0.05, 0) is 73.2 Å². The average Bonchev–Trinajstić information content (AvgIpc) is 2.90. The summed E-state index contributed by atoms with van der Waals surface area (Å²) in [5.41, 5.74) is 4.12. The Morgan fingerprint density at radius 3 is 1.74 bits per heavy atom. The summed E-state index contributed by atoms with van der Waals surface area (Å²) < 4.78 is 163. The van der Waals surface area contributed by atoms with Crippen LogP contribution in [-0.2, 0) is 50.5 Å². The molecule has 0 aliphatic carbocycles. The molecule has 0 fully saturated rings. The lowest BCUT2D eigenvalue weighted by molar-refractivity contribution is 0.102. The monoisotopic (exact) mass is 751 g/mol. The van der Waals surface area contributed by atoms with Gasteiger partial charge in [-0.2, -0.15) is 33.7 Å². The first-order valence-corrected chi connectivity index (χ1v) is 19.4. The van der Waals surface area contributed by atoms with Crippen LogP contribution in [0.3, 0.4) is 0 Å². The van der Waals surface area contributed by atoms with Gasteiger partial charge in [-0.1, -0.05) is 0 Å². The van der Waals surface area contributed by atoms with E-state index in [2.05, 4.69) is 5.32 Å². The third-order valence-corrected chi connectivity index (χ3v) is 11.4. The third-order valence-electron chi connectivity index (χ3n) is 6.36. The van der Waals surface area contributed by atoms with Crippen molar-refractivity contribution in [3.8, 4) is 0 Å². The summed E-state index contributed by atoms with van der Waals surface area (Å²) in [4.78, 5) is 7.82. The lowest BCUT2D eigenvalue weighted by atomic mass is 10.1.